The number of carbonyl (C=O) groups is 4. The van der Waals surface area contributed by atoms with Gasteiger partial charge in [-0.05, 0) is 225 Å². The molecule has 0 atom stereocenters. The number of ether oxygens (including phenoxy) is 3. The Morgan fingerprint density at radius 2 is 0.687 bits per heavy atom. The number of hydrogen-bond acceptors (Lipinski definition) is 18. The molecule has 0 saturated carbocycles. The first-order chi connectivity index (χ1) is 53.6. The van der Waals surface area contributed by atoms with Crippen molar-refractivity contribution in [3.8, 4) is 34.5 Å². The highest BCUT2D eigenvalue weighted by atomic mass is 32.2. The van der Waals surface area contributed by atoms with Gasteiger partial charge in [-0.3, -0.25) is 18.9 Å². The van der Waals surface area contributed by atoms with Gasteiger partial charge >= 0.3 is 16.6 Å². The van der Waals surface area contributed by atoms with E-state index in [4.69, 9.17) is 65.8 Å². The zero-order valence-corrected chi connectivity index (χ0v) is 64.5. The fourth-order valence-electron chi connectivity index (χ4n) is 9.79. The van der Waals surface area contributed by atoms with Gasteiger partial charge in [-0.2, -0.15) is 23.4 Å². The summed E-state index contributed by atoms with van der Waals surface area (Å²) in [6, 6.07) is 36.8. The summed E-state index contributed by atoms with van der Waals surface area (Å²) in [5, 5.41) is 9.20. The molecule has 9 rings (SSSR count). The number of nitrogens with two attached hydrogens (primary N) is 6. The number of aliphatic imine (C=N–C) groups is 3. The molecule has 0 saturated heterocycles. The lowest BCUT2D eigenvalue weighted by molar-refractivity contribution is -0.115. The Morgan fingerprint density at radius 1 is 0.391 bits per heavy atom. The third kappa shape index (κ3) is 27.9. The van der Waals surface area contributed by atoms with Crippen LogP contribution in [-0.4, -0.2) is 97.5 Å². The van der Waals surface area contributed by atoms with Crippen LogP contribution in [0.5, 0.6) is 34.5 Å². The zero-order chi connectivity index (χ0) is 85.8. The molecule has 40 heteroatoms. The molecule has 9 aromatic rings. The van der Waals surface area contributed by atoms with Crippen LogP contribution in [0.15, 0.2) is 227 Å². The van der Waals surface area contributed by atoms with Crippen molar-refractivity contribution in [3.05, 3.63) is 278 Å². The van der Waals surface area contributed by atoms with Crippen LogP contribution in [0.1, 0.15) is 75.6 Å². The molecule has 0 aromatic heterocycles. The van der Waals surface area contributed by atoms with Crippen LogP contribution >= 0.6 is 0 Å². The number of carbonyl (C=O) groups excluding carboxylic acids is 3. The second kappa shape index (κ2) is 39.4. The number of aryl methyl sites for hydroxylation is 2. The molecule has 0 fully saturated rings. The molecule has 3 amide bonds. The van der Waals surface area contributed by atoms with E-state index in [-0.39, 0.29) is 82.2 Å². The Bertz CT molecular complexity index is 5970. The van der Waals surface area contributed by atoms with Gasteiger partial charge in [0.1, 0.15) is 17.2 Å². The molecule has 0 bridgehead atoms. The highest BCUT2D eigenvalue weighted by molar-refractivity contribution is 7.91. The predicted octanol–water partition coefficient (Wildman–Crippen LogP) is 10.4. The number of amides is 3. The molecule has 604 valence electrons. The first-order valence-corrected chi connectivity index (χ1v) is 39.7. The fraction of sp³-hybridized carbons (Fsp3) is 0.107. The van der Waals surface area contributed by atoms with Crippen LogP contribution in [0.3, 0.4) is 0 Å². The molecule has 0 radical (unpaired) electrons. The van der Waals surface area contributed by atoms with Gasteiger partial charge in [0.05, 0.1) is 42.4 Å². The van der Waals surface area contributed by atoms with Gasteiger partial charge in [0, 0.05) is 16.7 Å². The number of sulfone groups is 3. The zero-order valence-electron chi connectivity index (χ0n) is 60.5. The Hall–Kier alpha value is -13.2. The maximum Gasteiger partial charge on any atom is 0.425 e. The molecule has 14 N–H and O–H groups in total. The summed E-state index contributed by atoms with van der Waals surface area (Å²) in [4.78, 5) is 56.0. The minimum atomic E-state index is -4.51. The van der Waals surface area contributed by atoms with Crippen molar-refractivity contribution in [3.63, 3.8) is 0 Å². The summed E-state index contributed by atoms with van der Waals surface area (Å²) in [5.74, 6) is -14.6. The highest BCUT2D eigenvalue weighted by Gasteiger charge is 2.24. The number of hydrogen-bond donors (Lipinski definition) is 8. The van der Waals surface area contributed by atoms with E-state index in [0.29, 0.717) is 16.7 Å². The summed E-state index contributed by atoms with van der Waals surface area (Å²) in [7, 11) is -19.1. The average molecular weight is 1690 g/mol. The summed E-state index contributed by atoms with van der Waals surface area (Å²) >= 11 is 0. The van der Waals surface area contributed by atoms with Crippen LogP contribution in [0.2, 0.25) is 0 Å². The monoisotopic (exact) mass is 1690 g/mol. The normalized spacial score (nSPS) is 11.6. The maximum atomic E-state index is 14.6. The molecular formula is C75H67F6N9O20S5. The van der Waals surface area contributed by atoms with E-state index in [0.717, 1.165) is 66.2 Å². The molecule has 9 aromatic carbocycles. The maximum absolute atomic E-state index is 14.6. The summed E-state index contributed by atoms with van der Waals surface area (Å²) in [6.45, 7) is 7.68. The summed E-state index contributed by atoms with van der Waals surface area (Å²) in [6.07, 6.45) is 3.59. The average Bonchev–Trinajstić information content (AvgIpc) is 0.845. The Morgan fingerprint density at radius 3 is 0.974 bits per heavy atom. The van der Waals surface area contributed by atoms with Gasteiger partial charge in [0.25, 0.3) is 27.8 Å². The van der Waals surface area contributed by atoms with Crippen molar-refractivity contribution in [2.75, 3.05) is 0 Å². The largest absolute Gasteiger partial charge is 0.478 e. The number of carboxylic acid groups (broad SMARTS) is 1. The number of aromatic carboxylic acids is 1. The topological polar surface area (TPSA) is 517 Å². The van der Waals surface area contributed by atoms with Crippen LogP contribution in [-0.2, 0) is 81.9 Å². The second-order valence-corrected chi connectivity index (χ2v) is 32.1. The van der Waals surface area contributed by atoms with Crippen LogP contribution in [0.25, 0.3) is 18.2 Å². The Labute approximate surface area is 654 Å². The van der Waals surface area contributed by atoms with Crippen molar-refractivity contribution in [1.82, 2.24) is 0 Å². The lowest BCUT2D eigenvalue weighted by Crippen LogP contribution is -2.24. The third-order valence-electron chi connectivity index (χ3n) is 14.9. The van der Waals surface area contributed by atoms with E-state index >= 15 is 0 Å². The van der Waals surface area contributed by atoms with Crippen LogP contribution in [0, 0.1) is 48.8 Å². The molecule has 0 spiro atoms. The van der Waals surface area contributed by atoms with E-state index in [1.54, 1.807) is 25.1 Å². The number of rotatable bonds is 23. The Kier molecular flexibility index (Phi) is 31.0. The molecule has 0 unspecified atom stereocenters. The van der Waals surface area contributed by atoms with Crippen molar-refractivity contribution < 1.29 is 116 Å². The lowest BCUT2D eigenvalue weighted by Gasteiger charge is -2.11. The first-order valence-electron chi connectivity index (χ1n) is 32.3. The van der Waals surface area contributed by atoms with Crippen molar-refractivity contribution in [2.24, 2.45) is 49.4 Å². The second-order valence-electron chi connectivity index (χ2n) is 24.3. The molecule has 0 aliphatic carbocycles. The SMILES string of the molecule is C/C(=C\c1cc(F)c(Oc2ccc(S(=O)(=O)Cc3cc(C)cc(C(=O)O)c3)cc2)c(F)c1)C(=O)N=C(N)N.C/C(=C\c1cc(F)c(Oc2ccc(S(=O)(=O)Cc3ccc(C)cc3)cc2)c(F)c1)C(=O)N=C(N)N.C/C(=C\c1cc(F)c(Oc2ccc(S(=O)(=O)Cc3cccc(S(=O)(=O)O)c3)cc2)c(F)c1)C(=O)N=C(N)N.O=S(=O)=O. The summed E-state index contributed by atoms with van der Waals surface area (Å²) < 4.78 is 237. The van der Waals surface area contributed by atoms with Gasteiger partial charge < -0.3 is 53.7 Å². The molecular weight excluding hydrogens is 1620 g/mol. The van der Waals surface area contributed by atoms with Crippen LogP contribution < -0.4 is 48.6 Å². The molecule has 0 aliphatic rings. The Balaban J connectivity index is 0.000000262. The molecule has 29 nitrogen and oxygen atoms in total. The van der Waals surface area contributed by atoms with Crippen molar-refractivity contribution >= 4 is 110 Å². The van der Waals surface area contributed by atoms with E-state index in [1.165, 1.54) is 124 Å². The molecule has 0 heterocycles. The number of carboxylic acids is 1. The number of guanidine groups is 3. The predicted molar refractivity (Wildman–Crippen MR) is 410 cm³/mol. The minimum Gasteiger partial charge on any atom is -0.478 e. The third-order valence-corrected chi connectivity index (χ3v) is 20.9. The van der Waals surface area contributed by atoms with E-state index in [9.17, 15) is 84.3 Å². The highest BCUT2D eigenvalue weighted by Crippen LogP contribution is 2.35. The van der Waals surface area contributed by atoms with Gasteiger partial charge in [-0.1, -0.05) is 48.0 Å². The fourth-order valence-corrected chi connectivity index (χ4v) is 14.3. The van der Waals surface area contributed by atoms with Crippen molar-refractivity contribution in [1.29, 1.82) is 0 Å². The van der Waals surface area contributed by atoms with Gasteiger partial charge in [-0.15, -0.1) is 12.6 Å². The van der Waals surface area contributed by atoms with Gasteiger partial charge in [0.2, 0.25) is 0 Å². The van der Waals surface area contributed by atoms with E-state index in [2.05, 4.69) is 15.0 Å². The quantitative estimate of drug-likeness (QED) is 0.00969. The van der Waals surface area contributed by atoms with Gasteiger partial charge in [0.15, 0.2) is 99.5 Å². The van der Waals surface area contributed by atoms with Gasteiger partial charge in [-0.25, -0.2) is 56.4 Å². The van der Waals surface area contributed by atoms with Crippen molar-refractivity contribution in [2.45, 2.75) is 71.5 Å². The van der Waals surface area contributed by atoms with E-state index in [1.807, 2.05) is 19.1 Å². The lowest BCUT2D eigenvalue weighted by atomic mass is 10.1. The standard InChI is InChI=1S/C26H23F2N3O6S.C25H23F2N3O4S.C24H21F2N3O7S2.O3S/c1-14-7-17(10-18(8-14)25(33)34)13-38(35,36)20-5-3-19(4-6-20)37-23-21(27)11-16(12-22(23)28)9-15(2)24(32)31-26(29)30;1-15-3-5-17(6-4-15)14-35(32,33)20-9-7-19(8-10-20)34-23-21(26)12-18(13-22(23)27)11-16(2)24(31)30-25(28)29;1-14(23(30)29-24(27)28)9-16-11-20(25)22(21(26)12-16)36-17-5-7-18(8-6-17)37(31,32)13-15-3-2-4-19(10-15)38(33,34)35;1-4(2)3/h3-12H,13H2,1-2H3,(H,33,34)(H4,29,30,31,32);3-13H,14H2,1-2H3,(H4,28,29,30,31);2-12H,13H2,1H3,(H,33,34,35)(H4,27,28,29,30);/b15-9+;16-11+;14-9+;. The van der Waals surface area contributed by atoms with E-state index < -0.39 is 160 Å². The summed E-state index contributed by atoms with van der Waals surface area (Å²) in [5.41, 5.74) is 33.7. The molecule has 115 heavy (non-hydrogen) atoms. The smallest absolute Gasteiger partial charge is 0.425 e. The number of halogens is 6. The van der Waals surface area contributed by atoms with Crippen LogP contribution in [0.4, 0.5) is 26.3 Å². The number of nitrogens with zero attached hydrogens (tertiary/aromatic N) is 3. The number of benzene rings is 9. The minimum absolute atomic E-state index is 0.00324. The first kappa shape index (κ1) is 90.7. The molecule has 0 aliphatic heterocycles.